The summed E-state index contributed by atoms with van der Waals surface area (Å²) in [6.45, 7) is 4.73. The lowest BCUT2D eigenvalue weighted by molar-refractivity contribution is 0.477. The number of pyridine rings is 1. The van der Waals surface area contributed by atoms with Crippen molar-refractivity contribution >= 4 is 66.4 Å². The van der Waals surface area contributed by atoms with Crippen molar-refractivity contribution < 1.29 is 9.47 Å². The van der Waals surface area contributed by atoms with Crippen LogP contribution in [0.5, 0.6) is 23.0 Å². The Balaban J connectivity index is 1.11. The highest BCUT2D eigenvalue weighted by atomic mass is 16.5. The van der Waals surface area contributed by atoms with Crippen LogP contribution in [0.25, 0.3) is 65.8 Å². The second kappa shape index (κ2) is 14.2. The molecule has 10 aromatic carbocycles. The van der Waals surface area contributed by atoms with E-state index < -0.39 is 0 Å². The van der Waals surface area contributed by atoms with Gasteiger partial charge in [-0.25, -0.2) is 0 Å². The van der Waals surface area contributed by atoms with Gasteiger partial charge in [0.25, 0.3) is 0 Å². The van der Waals surface area contributed by atoms with Gasteiger partial charge in [-0.1, -0.05) is 135 Å². The van der Waals surface area contributed by atoms with Gasteiger partial charge in [0.2, 0.25) is 0 Å². The highest BCUT2D eigenvalue weighted by Gasteiger charge is 2.36. The van der Waals surface area contributed by atoms with Gasteiger partial charge >= 0.3 is 0 Å². The average Bonchev–Trinajstić information content (AvgIpc) is 3.60. The van der Waals surface area contributed by atoms with Gasteiger partial charge < -0.3 is 19.3 Å². The minimum Gasteiger partial charge on any atom is -0.453 e. The van der Waals surface area contributed by atoms with Crippen LogP contribution < -0.4 is 19.3 Å². The summed E-state index contributed by atoms with van der Waals surface area (Å²) in [5.41, 5.74) is 15.5. The van der Waals surface area contributed by atoms with Crippen LogP contribution in [-0.4, -0.2) is 4.98 Å². The second-order valence-electron chi connectivity index (χ2n) is 18.3. The molecule has 3 heterocycles. The number of rotatable bonds is 4. The normalized spacial score (nSPS) is 13.8. The van der Waals surface area contributed by atoms with Crippen molar-refractivity contribution in [1.29, 1.82) is 0 Å². The number of aromatic nitrogens is 1. The van der Waals surface area contributed by atoms with E-state index in [4.69, 9.17) is 14.5 Å². The summed E-state index contributed by atoms with van der Waals surface area (Å²) in [6, 6.07) is 74.0. The minimum absolute atomic E-state index is 0.184. The lowest BCUT2D eigenvalue weighted by atomic mass is 9.80. The van der Waals surface area contributed by atoms with Crippen LogP contribution in [0.15, 0.2) is 212 Å². The molecule has 5 heteroatoms. The lowest BCUT2D eigenvalue weighted by Gasteiger charge is -2.33. The predicted octanol–water partition coefficient (Wildman–Crippen LogP) is 17.3. The number of anilines is 6. The molecule has 0 atom stereocenters. The monoisotopic (exact) mass is 859 g/mol. The number of ether oxygens (including phenoxy) is 2. The van der Waals surface area contributed by atoms with Gasteiger partial charge in [-0.15, -0.1) is 0 Å². The van der Waals surface area contributed by atoms with E-state index >= 15 is 0 Å². The Hall–Kier alpha value is -8.67. The fraction of sp³-hybridized carbons (Fsp3) is 0.0484. The third-order valence-electron chi connectivity index (χ3n) is 14.2. The first-order chi connectivity index (χ1) is 33.0. The number of nitrogens with zero attached hydrogens (tertiary/aromatic N) is 3. The molecular weight excluding hydrogens is 819 g/mol. The van der Waals surface area contributed by atoms with Crippen LogP contribution in [0.1, 0.15) is 25.0 Å². The first-order valence-electron chi connectivity index (χ1n) is 22.9. The van der Waals surface area contributed by atoms with Gasteiger partial charge in [-0.2, -0.15) is 0 Å². The van der Waals surface area contributed by atoms with Gasteiger partial charge in [0.05, 0.1) is 28.4 Å². The summed E-state index contributed by atoms with van der Waals surface area (Å²) >= 11 is 0. The van der Waals surface area contributed by atoms with Gasteiger partial charge in [0, 0.05) is 33.9 Å². The molecule has 14 rings (SSSR count). The zero-order valence-corrected chi connectivity index (χ0v) is 36.9. The summed E-state index contributed by atoms with van der Waals surface area (Å²) in [4.78, 5) is 9.97. The van der Waals surface area contributed by atoms with E-state index in [-0.39, 0.29) is 5.41 Å². The Morgan fingerprint density at radius 3 is 1.49 bits per heavy atom. The second-order valence-corrected chi connectivity index (χ2v) is 18.3. The molecule has 0 N–H and O–H groups in total. The molecule has 0 unspecified atom stereocenters. The Labute approximate surface area is 388 Å². The molecule has 1 aromatic heterocycles. The van der Waals surface area contributed by atoms with Crippen molar-refractivity contribution in [3.8, 4) is 56.5 Å². The molecule has 0 saturated carbocycles. The zero-order valence-electron chi connectivity index (χ0n) is 36.9. The number of benzene rings is 10. The van der Waals surface area contributed by atoms with Crippen LogP contribution in [0, 0.1) is 0 Å². The van der Waals surface area contributed by atoms with Crippen molar-refractivity contribution in [2.24, 2.45) is 0 Å². The van der Waals surface area contributed by atoms with Crippen LogP contribution >= 0.6 is 0 Å². The third kappa shape index (κ3) is 5.52. The quantitative estimate of drug-likeness (QED) is 0.165. The third-order valence-corrected chi connectivity index (χ3v) is 14.2. The molecule has 316 valence electrons. The maximum absolute atomic E-state index is 6.52. The molecule has 0 spiro atoms. The predicted molar refractivity (Wildman–Crippen MR) is 275 cm³/mol. The van der Waals surface area contributed by atoms with E-state index in [0.717, 1.165) is 101 Å². The lowest BCUT2D eigenvalue weighted by Crippen LogP contribution is -2.16. The summed E-state index contributed by atoms with van der Waals surface area (Å²) < 4.78 is 13.0. The standard InChI is InChI=1S/C62H41N3O2/c1-62(2)49-18-6-5-17-43(49)44-30-27-39(35-50(44)62)59-45-31-28-41(65-53-21-9-13-25-57(53)67-58-26-14-10-22-54(58)65)37-48(45)60(61-42-16-4-3-15-38(42)33-34-63-61)46-32-29-40(36-47(46)59)64-51-19-7-11-23-55(51)66-56-24-12-8-20-52(56)64/h3-37H,1-2H3. The first-order valence-corrected chi connectivity index (χ1v) is 22.9. The van der Waals surface area contributed by atoms with Gasteiger partial charge in [0.15, 0.2) is 23.0 Å². The molecular formula is C62H41N3O2. The van der Waals surface area contributed by atoms with E-state index in [1.54, 1.807) is 0 Å². The van der Waals surface area contributed by atoms with Gasteiger partial charge in [0.1, 0.15) is 0 Å². The summed E-state index contributed by atoms with van der Waals surface area (Å²) in [5.74, 6) is 3.27. The van der Waals surface area contributed by atoms with E-state index in [1.165, 1.54) is 33.4 Å². The zero-order chi connectivity index (χ0) is 44.4. The van der Waals surface area contributed by atoms with Gasteiger partial charge in [-0.05, 0) is 145 Å². The molecule has 2 aliphatic heterocycles. The molecule has 0 fully saturated rings. The van der Waals surface area contributed by atoms with Crippen LogP contribution in [0.2, 0.25) is 0 Å². The number of fused-ring (bicyclic) bond motifs is 10. The molecule has 5 nitrogen and oxygen atoms in total. The smallest absolute Gasteiger partial charge is 0.151 e. The highest BCUT2D eigenvalue weighted by molar-refractivity contribution is 6.24. The fourth-order valence-corrected chi connectivity index (χ4v) is 11.2. The van der Waals surface area contributed by atoms with Gasteiger partial charge in [-0.3, -0.25) is 4.98 Å². The molecule has 0 amide bonds. The highest BCUT2D eigenvalue weighted by Crippen LogP contribution is 2.56. The van der Waals surface area contributed by atoms with E-state index in [1.807, 2.05) is 42.6 Å². The fourth-order valence-electron chi connectivity index (χ4n) is 11.2. The van der Waals surface area contributed by atoms with Crippen molar-refractivity contribution in [2.45, 2.75) is 19.3 Å². The van der Waals surface area contributed by atoms with E-state index in [2.05, 4.69) is 194 Å². The van der Waals surface area contributed by atoms with Crippen molar-refractivity contribution in [2.75, 3.05) is 9.80 Å². The number of para-hydroxylation sites is 8. The molecule has 67 heavy (non-hydrogen) atoms. The van der Waals surface area contributed by atoms with E-state index in [0.29, 0.717) is 0 Å². The Bertz CT molecular complexity index is 3790. The Kier molecular flexibility index (Phi) is 7.97. The summed E-state index contributed by atoms with van der Waals surface area (Å²) in [5, 5.41) is 6.76. The molecule has 11 aromatic rings. The minimum atomic E-state index is -0.184. The van der Waals surface area contributed by atoms with Crippen LogP contribution in [-0.2, 0) is 5.41 Å². The van der Waals surface area contributed by atoms with Crippen LogP contribution in [0.4, 0.5) is 34.1 Å². The average molecular weight is 860 g/mol. The van der Waals surface area contributed by atoms with E-state index in [9.17, 15) is 0 Å². The largest absolute Gasteiger partial charge is 0.453 e. The molecule has 1 aliphatic carbocycles. The first kappa shape index (κ1) is 37.7. The van der Waals surface area contributed by atoms with Crippen LogP contribution in [0.3, 0.4) is 0 Å². The number of hydrogen-bond donors (Lipinski definition) is 0. The molecule has 0 saturated heterocycles. The summed E-state index contributed by atoms with van der Waals surface area (Å²) in [6.07, 6.45) is 1.96. The molecule has 3 aliphatic rings. The van der Waals surface area contributed by atoms with Crippen molar-refractivity contribution in [3.05, 3.63) is 224 Å². The van der Waals surface area contributed by atoms with Crippen molar-refractivity contribution in [1.82, 2.24) is 4.98 Å². The maximum atomic E-state index is 6.52. The SMILES string of the molecule is CC1(C)c2ccccc2-c2ccc(-c3c4cc(N5c6ccccc6Oc6ccccc65)ccc4c(-c4nccc5ccccc45)c4cc(N5c6ccccc6Oc6ccccc65)ccc34)cc21. The Morgan fingerprint density at radius 1 is 0.388 bits per heavy atom. The molecule has 0 radical (unpaired) electrons. The molecule has 0 bridgehead atoms. The number of hydrogen-bond acceptors (Lipinski definition) is 5. The Morgan fingerprint density at radius 2 is 0.881 bits per heavy atom. The van der Waals surface area contributed by atoms with Crippen molar-refractivity contribution in [3.63, 3.8) is 0 Å². The topological polar surface area (TPSA) is 37.8 Å². The summed E-state index contributed by atoms with van der Waals surface area (Å²) in [7, 11) is 0. The maximum Gasteiger partial charge on any atom is 0.151 e.